The first-order chi connectivity index (χ1) is 10.2. The first kappa shape index (κ1) is 17.3. The molecule has 0 saturated heterocycles. The van der Waals surface area contributed by atoms with Gasteiger partial charge in [-0.3, -0.25) is 4.79 Å². The molecule has 0 spiro atoms. The molecule has 0 aromatic heterocycles. The molecular weight excluding hydrogens is 266 g/mol. The van der Waals surface area contributed by atoms with E-state index in [0.717, 1.165) is 37.2 Å². The van der Waals surface area contributed by atoms with Gasteiger partial charge in [0.1, 0.15) is 11.5 Å². The number of unbranched alkanes of at least 4 members (excludes halogenated alkanes) is 1. The number of rotatable bonds is 10. The monoisotopic (exact) mass is 293 g/mol. The molecule has 0 atom stereocenters. The maximum Gasteiger partial charge on any atom is 0.220 e. The minimum Gasteiger partial charge on any atom is -0.497 e. The van der Waals surface area contributed by atoms with E-state index in [4.69, 9.17) is 9.47 Å². The number of hydrogen-bond donors (Lipinski definition) is 1. The first-order valence-corrected chi connectivity index (χ1v) is 7.77. The summed E-state index contributed by atoms with van der Waals surface area (Å²) < 4.78 is 11.1. The summed E-state index contributed by atoms with van der Waals surface area (Å²) in [5, 5.41) is 2.79. The largest absolute Gasteiger partial charge is 0.497 e. The summed E-state index contributed by atoms with van der Waals surface area (Å²) in [4.78, 5) is 11.4. The molecule has 1 aromatic rings. The van der Waals surface area contributed by atoms with Crippen molar-refractivity contribution >= 4 is 5.91 Å². The Morgan fingerprint density at radius 2 is 2.05 bits per heavy atom. The Kier molecular flexibility index (Phi) is 8.32. The van der Waals surface area contributed by atoms with Crippen LogP contribution in [0.15, 0.2) is 18.2 Å². The topological polar surface area (TPSA) is 47.6 Å². The third kappa shape index (κ3) is 6.52. The van der Waals surface area contributed by atoms with Gasteiger partial charge in [0.05, 0.1) is 13.7 Å². The molecule has 0 aliphatic carbocycles. The maximum atomic E-state index is 11.4. The van der Waals surface area contributed by atoms with Gasteiger partial charge in [0.2, 0.25) is 5.91 Å². The van der Waals surface area contributed by atoms with Crippen molar-refractivity contribution in [3.63, 3.8) is 0 Å². The Morgan fingerprint density at radius 1 is 1.24 bits per heavy atom. The van der Waals surface area contributed by atoms with Crippen molar-refractivity contribution in [1.82, 2.24) is 5.32 Å². The van der Waals surface area contributed by atoms with Gasteiger partial charge in [0.15, 0.2) is 0 Å². The van der Waals surface area contributed by atoms with Crippen LogP contribution in [0.5, 0.6) is 11.5 Å². The van der Waals surface area contributed by atoms with Crippen LogP contribution in [-0.4, -0.2) is 26.2 Å². The second-order valence-electron chi connectivity index (χ2n) is 4.98. The van der Waals surface area contributed by atoms with E-state index < -0.39 is 0 Å². The smallest absolute Gasteiger partial charge is 0.220 e. The van der Waals surface area contributed by atoms with E-state index in [1.54, 1.807) is 7.11 Å². The van der Waals surface area contributed by atoms with Crippen molar-refractivity contribution in [3.8, 4) is 11.5 Å². The Hall–Kier alpha value is -1.71. The predicted octanol–water partition coefficient (Wildman–Crippen LogP) is 3.33. The molecule has 118 valence electrons. The number of aryl methyl sites for hydroxylation is 1. The number of methoxy groups -OCH3 is 1. The number of nitrogens with one attached hydrogen (secondary N) is 1. The van der Waals surface area contributed by atoms with Crippen LogP contribution in [0.1, 0.15) is 45.1 Å². The molecule has 0 radical (unpaired) electrons. The molecule has 0 fully saturated rings. The molecule has 0 aliphatic heterocycles. The van der Waals surface area contributed by atoms with Gasteiger partial charge in [-0.25, -0.2) is 0 Å². The van der Waals surface area contributed by atoms with Gasteiger partial charge in [-0.05, 0) is 37.8 Å². The Bertz CT molecular complexity index is 432. The van der Waals surface area contributed by atoms with Gasteiger partial charge in [-0.15, -0.1) is 0 Å². The highest BCUT2D eigenvalue weighted by Crippen LogP contribution is 2.26. The Morgan fingerprint density at radius 3 is 2.71 bits per heavy atom. The summed E-state index contributed by atoms with van der Waals surface area (Å²) >= 11 is 0. The second-order valence-corrected chi connectivity index (χ2v) is 4.98. The molecule has 0 bridgehead atoms. The third-order valence-electron chi connectivity index (χ3n) is 3.25. The lowest BCUT2D eigenvalue weighted by atomic mass is 10.1. The molecular formula is C17H27NO3. The molecule has 1 rings (SSSR count). The van der Waals surface area contributed by atoms with E-state index in [1.807, 2.05) is 19.1 Å². The van der Waals surface area contributed by atoms with Gasteiger partial charge in [0.25, 0.3) is 0 Å². The normalized spacial score (nSPS) is 10.2. The van der Waals surface area contributed by atoms with Gasteiger partial charge in [0, 0.05) is 19.0 Å². The first-order valence-electron chi connectivity index (χ1n) is 7.77. The van der Waals surface area contributed by atoms with Gasteiger partial charge < -0.3 is 14.8 Å². The molecule has 1 aromatic carbocycles. The van der Waals surface area contributed by atoms with Crippen LogP contribution in [0, 0.1) is 0 Å². The van der Waals surface area contributed by atoms with E-state index in [-0.39, 0.29) is 5.91 Å². The lowest BCUT2D eigenvalue weighted by molar-refractivity contribution is -0.121. The average molecular weight is 293 g/mol. The van der Waals surface area contributed by atoms with Crippen LogP contribution in [0.2, 0.25) is 0 Å². The van der Waals surface area contributed by atoms with E-state index in [9.17, 15) is 4.79 Å². The quantitative estimate of drug-likeness (QED) is 0.673. The van der Waals surface area contributed by atoms with Crippen molar-refractivity contribution in [2.75, 3.05) is 20.3 Å². The highest BCUT2D eigenvalue weighted by atomic mass is 16.5. The van der Waals surface area contributed by atoms with Crippen molar-refractivity contribution in [2.24, 2.45) is 0 Å². The zero-order valence-electron chi connectivity index (χ0n) is 13.4. The number of hydrogen-bond acceptors (Lipinski definition) is 3. The summed E-state index contributed by atoms with van der Waals surface area (Å²) in [5.74, 6) is 1.76. The van der Waals surface area contributed by atoms with Crippen molar-refractivity contribution in [3.05, 3.63) is 23.8 Å². The van der Waals surface area contributed by atoms with E-state index in [0.29, 0.717) is 19.6 Å². The summed E-state index contributed by atoms with van der Waals surface area (Å²) in [6.45, 7) is 5.32. The molecule has 0 saturated carbocycles. The zero-order valence-corrected chi connectivity index (χ0v) is 13.4. The number of amides is 1. The fourth-order valence-corrected chi connectivity index (χ4v) is 2.07. The molecule has 4 nitrogen and oxygen atoms in total. The highest BCUT2D eigenvalue weighted by molar-refractivity contribution is 5.75. The molecule has 21 heavy (non-hydrogen) atoms. The molecule has 1 amide bonds. The van der Waals surface area contributed by atoms with E-state index in [2.05, 4.69) is 18.3 Å². The van der Waals surface area contributed by atoms with Crippen LogP contribution in [0.3, 0.4) is 0 Å². The van der Waals surface area contributed by atoms with Crippen LogP contribution >= 0.6 is 0 Å². The number of benzene rings is 1. The summed E-state index contributed by atoms with van der Waals surface area (Å²) in [6.07, 6.45) is 4.52. The molecule has 0 heterocycles. The van der Waals surface area contributed by atoms with Crippen molar-refractivity contribution < 1.29 is 14.3 Å². The van der Waals surface area contributed by atoms with Gasteiger partial charge in [-0.2, -0.15) is 0 Å². The third-order valence-corrected chi connectivity index (χ3v) is 3.25. The van der Waals surface area contributed by atoms with Crippen molar-refractivity contribution in [1.29, 1.82) is 0 Å². The highest BCUT2D eigenvalue weighted by Gasteiger charge is 2.06. The average Bonchev–Trinajstić information content (AvgIpc) is 2.50. The SMILES string of the molecule is CCCCc1ccc(OC)cc1OCCCC(=O)NCC. The number of carbonyl (C=O) groups is 1. The maximum absolute atomic E-state index is 11.4. The predicted molar refractivity (Wildman–Crippen MR) is 85.0 cm³/mol. The van der Waals surface area contributed by atoms with Crippen molar-refractivity contribution in [2.45, 2.75) is 46.0 Å². The molecule has 0 unspecified atom stereocenters. The summed E-state index contributed by atoms with van der Waals surface area (Å²) in [7, 11) is 1.65. The van der Waals surface area contributed by atoms with Crippen LogP contribution in [0.25, 0.3) is 0 Å². The van der Waals surface area contributed by atoms with E-state index >= 15 is 0 Å². The molecule has 4 heteroatoms. The standard InChI is InChI=1S/C17H27NO3/c1-4-6-8-14-10-11-15(20-3)13-16(14)21-12-7-9-17(19)18-5-2/h10-11,13H,4-9,12H2,1-3H3,(H,18,19). The fourth-order valence-electron chi connectivity index (χ4n) is 2.07. The summed E-state index contributed by atoms with van der Waals surface area (Å²) in [6, 6.07) is 5.96. The lowest BCUT2D eigenvalue weighted by Gasteiger charge is -2.13. The minimum absolute atomic E-state index is 0.0814. The van der Waals surface area contributed by atoms with Gasteiger partial charge >= 0.3 is 0 Å². The zero-order chi connectivity index (χ0) is 15.5. The molecule has 1 N–H and O–H groups in total. The van der Waals surface area contributed by atoms with Crippen LogP contribution in [-0.2, 0) is 11.2 Å². The number of carbonyl (C=O) groups excluding carboxylic acids is 1. The second kappa shape index (κ2) is 10.1. The Labute approximate surface area is 127 Å². The van der Waals surface area contributed by atoms with E-state index in [1.165, 1.54) is 5.56 Å². The van der Waals surface area contributed by atoms with Crippen LogP contribution in [0.4, 0.5) is 0 Å². The minimum atomic E-state index is 0.0814. The Balaban J connectivity index is 2.52. The summed E-state index contributed by atoms with van der Waals surface area (Å²) in [5.41, 5.74) is 1.20. The lowest BCUT2D eigenvalue weighted by Crippen LogP contribution is -2.22. The fraction of sp³-hybridized carbons (Fsp3) is 0.588. The van der Waals surface area contributed by atoms with Gasteiger partial charge in [-0.1, -0.05) is 19.4 Å². The molecule has 0 aliphatic rings. The van der Waals surface area contributed by atoms with Crippen LogP contribution < -0.4 is 14.8 Å². The number of ether oxygens (including phenoxy) is 2.